The second kappa shape index (κ2) is 6.84. The monoisotopic (exact) mass is 352 g/mol. The molecule has 1 amide bonds. The van der Waals surface area contributed by atoms with Gasteiger partial charge in [0.05, 0.1) is 16.9 Å². The summed E-state index contributed by atoms with van der Waals surface area (Å²) in [5.74, 6) is -0.0744. The van der Waals surface area contributed by atoms with Crippen molar-refractivity contribution in [1.82, 2.24) is 25.3 Å². The highest BCUT2D eigenvalue weighted by Gasteiger charge is 2.31. The first-order chi connectivity index (χ1) is 12.4. The van der Waals surface area contributed by atoms with Crippen LogP contribution in [0.2, 0.25) is 0 Å². The molecule has 3 rings (SSSR count). The van der Waals surface area contributed by atoms with E-state index < -0.39 is 5.54 Å². The molecular formula is C19H24N6O. The molecule has 2 heterocycles. The third-order valence-electron chi connectivity index (χ3n) is 5.09. The van der Waals surface area contributed by atoms with Gasteiger partial charge in [0.25, 0.3) is 5.91 Å². The standard InChI is InChI=1S/C19H24N6O/c1-12(2)19(4,11-20)22-18(26)17-13(3)25(24-23-17)16-7-5-6-14-10-21-9-8-15(14)16/h5-10,12H,11,20H2,1-4H3,(H,22,26). The Labute approximate surface area is 152 Å². The minimum atomic E-state index is -0.502. The molecule has 7 nitrogen and oxygen atoms in total. The molecule has 0 aliphatic rings. The van der Waals surface area contributed by atoms with Gasteiger partial charge in [-0.25, -0.2) is 4.68 Å². The molecule has 136 valence electrons. The highest BCUT2D eigenvalue weighted by Crippen LogP contribution is 2.23. The summed E-state index contributed by atoms with van der Waals surface area (Å²) >= 11 is 0. The molecule has 1 unspecified atom stereocenters. The Bertz CT molecular complexity index is 943. The lowest BCUT2D eigenvalue weighted by Gasteiger charge is -2.33. The summed E-state index contributed by atoms with van der Waals surface area (Å²) in [7, 11) is 0. The first-order valence-electron chi connectivity index (χ1n) is 8.65. The number of carbonyl (C=O) groups is 1. The Balaban J connectivity index is 1.99. The highest BCUT2D eigenvalue weighted by atomic mass is 16.2. The lowest BCUT2D eigenvalue weighted by Crippen LogP contribution is -2.55. The number of benzene rings is 1. The van der Waals surface area contributed by atoms with E-state index in [0.29, 0.717) is 17.9 Å². The van der Waals surface area contributed by atoms with E-state index in [1.54, 1.807) is 17.1 Å². The lowest BCUT2D eigenvalue weighted by molar-refractivity contribution is 0.0877. The number of nitrogens with one attached hydrogen (secondary N) is 1. The van der Waals surface area contributed by atoms with Crippen LogP contribution in [0.25, 0.3) is 16.5 Å². The average molecular weight is 352 g/mol. The second-order valence-electron chi connectivity index (χ2n) is 7.04. The van der Waals surface area contributed by atoms with Crippen molar-refractivity contribution >= 4 is 16.7 Å². The van der Waals surface area contributed by atoms with Gasteiger partial charge in [-0.2, -0.15) is 0 Å². The van der Waals surface area contributed by atoms with E-state index in [1.807, 2.05) is 52.0 Å². The van der Waals surface area contributed by atoms with Gasteiger partial charge in [0.1, 0.15) is 0 Å². The molecule has 0 radical (unpaired) electrons. The zero-order valence-corrected chi connectivity index (χ0v) is 15.5. The number of fused-ring (bicyclic) bond motifs is 1. The van der Waals surface area contributed by atoms with Crippen LogP contribution >= 0.6 is 0 Å². The number of hydrogen-bond acceptors (Lipinski definition) is 5. The van der Waals surface area contributed by atoms with Crippen LogP contribution in [0.5, 0.6) is 0 Å². The summed E-state index contributed by atoms with van der Waals surface area (Å²) in [4.78, 5) is 16.9. The highest BCUT2D eigenvalue weighted by molar-refractivity contribution is 5.94. The Morgan fingerprint density at radius 2 is 2.12 bits per heavy atom. The van der Waals surface area contributed by atoms with Crippen molar-refractivity contribution in [2.24, 2.45) is 11.7 Å². The molecule has 0 spiro atoms. The number of nitrogens with zero attached hydrogens (tertiary/aromatic N) is 4. The molecule has 0 aliphatic carbocycles. The van der Waals surface area contributed by atoms with E-state index in [1.165, 1.54) is 0 Å². The third-order valence-corrected chi connectivity index (χ3v) is 5.09. The Hall–Kier alpha value is -2.80. The maximum absolute atomic E-state index is 12.8. The molecule has 2 aromatic heterocycles. The van der Waals surface area contributed by atoms with Crippen LogP contribution in [0.1, 0.15) is 37.0 Å². The van der Waals surface area contributed by atoms with Crippen LogP contribution in [0.15, 0.2) is 36.7 Å². The fourth-order valence-corrected chi connectivity index (χ4v) is 2.81. The van der Waals surface area contributed by atoms with Crippen LogP contribution in [0.4, 0.5) is 0 Å². The number of rotatable bonds is 5. The van der Waals surface area contributed by atoms with Crippen LogP contribution in [-0.2, 0) is 0 Å². The zero-order chi connectivity index (χ0) is 18.9. The first-order valence-corrected chi connectivity index (χ1v) is 8.65. The van der Waals surface area contributed by atoms with Gasteiger partial charge in [0, 0.05) is 29.7 Å². The molecule has 3 aromatic rings. The van der Waals surface area contributed by atoms with Crippen LogP contribution in [-0.4, -0.2) is 38.0 Å². The molecule has 0 saturated carbocycles. The van der Waals surface area contributed by atoms with Crippen molar-refractivity contribution in [3.05, 3.63) is 48.0 Å². The van der Waals surface area contributed by atoms with E-state index in [9.17, 15) is 4.79 Å². The van der Waals surface area contributed by atoms with Gasteiger partial charge >= 0.3 is 0 Å². The predicted octanol–water partition coefficient (Wildman–Crippen LogP) is 2.23. The predicted molar refractivity (Wildman–Crippen MR) is 101 cm³/mol. The summed E-state index contributed by atoms with van der Waals surface area (Å²) in [5.41, 5.74) is 7.21. The van der Waals surface area contributed by atoms with Crippen LogP contribution in [0.3, 0.4) is 0 Å². The maximum atomic E-state index is 12.8. The van der Waals surface area contributed by atoms with Crippen LogP contribution in [0, 0.1) is 12.8 Å². The summed E-state index contributed by atoms with van der Waals surface area (Å²) < 4.78 is 1.69. The molecule has 1 aromatic carbocycles. The molecule has 7 heteroatoms. The minimum Gasteiger partial charge on any atom is -0.344 e. The number of hydrogen-bond donors (Lipinski definition) is 2. The fourth-order valence-electron chi connectivity index (χ4n) is 2.81. The van der Waals surface area contributed by atoms with Crippen molar-refractivity contribution in [2.45, 2.75) is 33.2 Å². The maximum Gasteiger partial charge on any atom is 0.274 e. The molecule has 1 atom stereocenters. The first kappa shape index (κ1) is 18.0. The van der Waals surface area contributed by atoms with Gasteiger partial charge < -0.3 is 11.1 Å². The van der Waals surface area contributed by atoms with E-state index in [4.69, 9.17) is 5.73 Å². The summed E-state index contributed by atoms with van der Waals surface area (Å²) in [6, 6.07) is 7.80. The van der Waals surface area contributed by atoms with Crippen molar-refractivity contribution in [3.63, 3.8) is 0 Å². The Morgan fingerprint density at radius 1 is 1.35 bits per heavy atom. The fraction of sp³-hybridized carbons (Fsp3) is 0.368. The summed E-state index contributed by atoms with van der Waals surface area (Å²) in [6.45, 7) is 8.18. The Kier molecular flexibility index (Phi) is 4.73. The van der Waals surface area contributed by atoms with Gasteiger partial charge in [-0.3, -0.25) is 9.78 Å². The number of aromatic nitrogens is 4. The van der Waals surface area contributed by atoms with E-state index in [2.05, 4.69) is 20.6 Å². The molecule has 0 saturated heterocycles. The molecule has 0 fully saturated rings. The summed E-state index contributed by atoms with van der Waals surface area (Å²) in [5, 5.41) is 13.3. The van der Waals surface area contributed by atoms with Crippen LogP contribution < -0.4 is 11.1 Å². The van der Waals surface area contributed by atoms with E-state index in [-0.39, 0.29) is 11.8 Å². The van der Waals surface area contributed by atoms with Crippen molar-refractivity contribution in [3.8, 4) is 5.69 Å². The van der Waals surface area contributed by atoms with Gasteiger partial charge in [-0.05, 0) is 31.9 Å². The number of nitrogens with two attached hydrogens (primary N) is 1. The second-order valence-corrected chi connectivity index (χ2v) is 7.04. The largest absolute Gasteiger partial charge is 0.344 e. The number of carbonyl (C=O) groups excluding carboxylic acids is 1. The third kappa shape index (κ3) is 3.06. The number of pyridine rings is 1. The molecule has 26 heavy (non-hydrogen) atoms. The van der Waals surface area contributed by atoms with Gasteiger partial charge in [0.2, 0.25) is 0 Å². The minimum absolute atomic E-state index is 0.192. The topological polar surface area (TPSA) is 98.7 Å². The van der Waals surface area contributed by atoms with Gasteiger partial charge in [-0.15, -0.1) is 5.10 Å². The van der Waals surface area contributed by atoms with Gasteiger partial charge in [-0.1, -0.05) is 31.2 Å². The molecule has 3 N–H and O–H groups in total. The molecule has 0 bridgehead atoms. The SMILES string of the molecule is Cc1c(C(=O)NC(C)(CN)C(C)C)nnn1-c1cccc2cnccc12. The zero-order valence-electron chi connectivity index (χ0n) is 15.5. The Morgan fingerprint density at radius 3 is 2.81 bits per heavy atom. The van der Waals surface area contributed by atoms with Crippen molar-refractivity contribution < 1.29 is 4.79 Å². The normalized spacial score (nSPS) is 13.8. The van der Waals surface area contributed by atoms with Crippen molar-refractivity contribution in [2.75, 3.05) is 6.54 Å². The summed E-state index contributed by atoms with van der Waals surface area (Å²) in [6.07, 6.45) is 3.54. The smallest absolute Gasteiger partial charge is 0.274 e. The van der Waals surface area contributed by atoms with Gasteiger partial charge in [0.15, 0.2) is 5.69 Å². The molecular weight excluding hydrogens is 328 g/mol. The van der Waals surface area contributed by atoms with Crippen molar-refractivity contribution in [1.29, 1.82) is 0 Å². The lowest BCUT2D eigenvalue weighted by atomic mass is 9.88. The van der Waals surface area contributed by atoms with E-state index >= 15 is 0 Å². The number of amides is 1. The quantitative estimate of drug-likeness (QED) is 0.733. The van der Waals surface area contributed by atoms with E-state index in [0.717, 1.165) is 16.5 Å². The average Bonchev–Trinajstić information content (AvgIpc) is 3.02. The molecule has 0 aliphatic heterocycles.